The molecule has 0 saturated heterocycles. The van der Waals surface area contributed by atoms with Gasteiger partial charge in [-0.2, -0.15) is 0 Å². The first-order chi connectivity index (χ1) is 10.6. The van der Waals surface area contributed by atoms with Crippen LogP contribution in [-0.2, 0) is 16.2 Å². The Bertz CT molecular complexity index is 731. The van der Waals surface area contributed by atoms with E-state index in [-0.39, 0.29) is 23.5 Å². The zero-order chi connectivity index (χ0) is 15.7. The van der Waals surface area contributed by atoms with Gasteiger partial charge in [-0.25, -0.2) is 4.79 Å². The van der Waals surface area contributed by atoms with Gasteiger partial charge < -0.3 is 14.1 Å². The predicted molar refractivity (Wildman–Crippen MR) is 69.6 cm³/mol. The molecule has 0 radical (unpaired) electrons. The summed E-state index contributed by atoms with van der Waals surface area (Å²) >= 11 is 0. The number of benzene rings is 1. The largest absolute Gasteiger partial charge is 0.401 e. The van der Waals surface area contributed by atoms with Crippen molar-refractivity contribution in [2.24, 2.45) is 0 Å². The number of carbonyl (C=O) groups excluding carboxylic acids is 3. The van der Waals surface area contributed by atoms with E-state index < -0.39 is 17.8 Å². The number of imide groups is 1. The number of aromatic nitrogens is 1. The molecule has 2 amide bonds. The number of hydrogen-bond acceptors (Lipinski definition) is 7. The van der Waals surface area contributed by atoms with Crippen LogP contribution in [0.4, 0.5) is 0 Å². The highest BCUT2D eigenvalue weighted by Gasteiger charge is 2.39. The topological polar surface area (TPSA) is 98.9 Å². The second-order valence-electron chi connectivity index (χ2n) is 4.44. The van der Waals surface area contributed by atoms with E-state index in [1.54, 1.807) is 12.1 Å². The highest BCUT2D eigenvalue weighted by atomic mass is 16.7. The summed E-state index contributed by atoms with van der Waals surface area (Å²) in [6.07, 6.45) is 0. The fourth-order valence-corrected chi connectivity index (χ4v) is 2.00. The van der Waals surface area contributed by atoms with Crippen molar-refractivity contribution in [3.63, 3.8) is 0 Å². The first-order valence-electron chi connectivity index (χ1n) is 6.26. The summed E-state index contributed by atoms with van der Waals surface area (Å²) in [5.74, 6) is -2.64. The number of nitrogens with zero attached hydrogens (tertiary/aromatic N) is 2. The molecule has 0 N–H and O–H groups in total. The van der Waals surface area contributed by atoms with E-state index in [0.717, 1.165) is 0 Å². The number of hydroxylamine groups is 2. The number of amides is 2. The van der Waals surface area contributed by atoms with E-state index in [1.807, 2.05) is 0 Å². The van der Waals surface area contributed by atoms with Crippen molar-refractivity contribution in [2.75, 3.05) is 7.11 Å². The third-order valence-corrected chi connectivity index (χ3v) is 2.98. The Morgan fingerprint density at radius 1 is 1.23 bits per heavy atom. The van der Waals surface area contributed by atoms with E-state index >= 15 is 0 Å². The summed E-state index contributed by atoms with van der Waals surface area (Å²) < 4.78 is 9.62. The summed E-state index contributed by atoms with van der Waals surface area (Å²) in [7, 11) is 1.46. The molecule has 8 nitrogen and oxygen atoms in total. The zero-order valence-corrected chi connectivity index (χ0v) is 11.4. The average molecular weight is 302 g/mol. The van der Waals surface area contributed by atoms with E-state index in [0.29, 0.717) is 10.8 Å². The molecule has 0 aliphatic carbocycles. The van der Waals surface area contributed by atoms with Gasteiger partial charge in [-0.1, -0.05) is 22.4 Å². The van der Waals surface area contributed by atoms with Crippen LogP contribution in [0.15, 0.2) is 34.9 Å². The van der Waals surface area contributed by atoms with Crippen LogP contribution in [-0.4, -0.2) is 35.1 Å². The number of ether oxygens (including phenoxy) is 1. The van der Waals surface area contributed by atoms with Crippen LogP contribution in [0.5, 0.6) is 0 Å². The van der Waals surface area contributed by atoms with Crippen molar-refractivity contribution < 1.29 is 28.5 Å². The lowest BCUT2D eigenvalue weighted by molar-refractivity contribution is -0.0607. The van der Waals surface area contributed by atoms with Crippen molar-refractivity contribution in [2.45, 2.75) is 6.61 Å². The Morgan fingerprint density at radius 3 is 2.45 bits per heavy atom. The number of methoxy groups -OCH3 is 1. The predicted octanol–water partition coefficient (Wildman–Crippen LogP) is 1.19. The minimum atomic E-state index is -0.996. The molecule has 0 bridgehead atoms. The van der Waals surface area contributed by atoms with Crippen molar-refractivity contribution in [3.8, 4) is 0 Å². The van der Waals surface area contributed by atoms with Gasteiger partial charge >= 0.3 is 5.97 Å². The quantitative estimate of drug-likeness (QED) is 0.782. The Morgan fingerprint density at radius 2 is 1.86 bits per heavy atom. The lowest BCUT2D eigenvalue weighted by atomic mass is 10.1. The molecular formula is C14H10N2O6. The molecule has 0 fully saturated rings. The highest BCUT2D eigenvalue weighted by molar-refractivity contribution is 6.21. The monoisotopic (exact) mass is 302 g/mol. The second-order valence-corrected chi connectivity index (χ2v) is 4.44. The Hall–Kier alpha value is -3.00. The maximum absolute atomic E-state index is 12.0. The Kier molecular flexibility index (Phi) is 3.43. The van der Waals surface area contributed by atoms with Gasteiger partial charge in [0.15, 0.2) is 0 Å². The fraction of sp³-hybridized carbons (Fsp3) is 0.143. The fourth-order valence-electron chi connectivity index (χ4n) is 2.00. The lowest BCUT2D eigenvalue weighted by Crippen LogP contribution is -2.32. The maximum atomic E-state index is 12.0. The molecule has 0 atom stereocenters. The smallest absolute Gasteiger partial charge is 0.378 e. The summed E-state index contributed by atoms with van der Waals surface area (Å²) in [5, 5.41) is 4.00. The lowest BCUT2D eigenvalue weighted by Gasteiger charge is -2.10. The molecule has 0 unspecified atom stereocenters. The summed E-state index contributed by atoms with van der Waals surface area (Å²) in [5.41, 5.74) is 0.743. The van der Waals surface area contributed by atoms with Gasteiger partial charge in [-0.15, -0.1) is 0 Å². The molecule has 22 heavy (non-hydrogen) atoms. The average Bonchev–Trinajstić information content (AvgIpc) is 3.08. The van der Waals surface area contributed by atoms with Gasteiger partial charge in [0.05, 0.1) is 17.7 Å². The van der Waals surface area contributed by atoms with Crippen LogP contribution in [0.2, 0.25) is 0 Å². The molecular weight excluding hydrogens is 292 g/mol. The third-order valence-electron chi connectivity index (χ3n) is 2.98. The Labute approximate surface area is 124 Å². The Balaban J connectivity index is 1.77. The molecule has 1 aliphatic heterocycles. The molecule has 1 aliphatic rings. The van der Waals surface area contributed by atoms with Gasteiger partial charge in [-0.3, -0.25) is 9.59 Å². The summed E-state index contributed by atoms with van der Waals surface area (Å²) in [6, 6.07) is 7.50. The number of rotatable bonds is 4. The minimum absolute atomic E-state index is 0.157. The van der Waals surface area contributed by atoms with Crippen LogP contribution >= 0.6 is 0 Å². The number of carbonyl (C=O) groups is 3. The molecule has 1 aromatic heterocycles. The van der Waals surface area contributed by atoms with Crippen molar-refractivity contribution in [3.05, 3.63) is 52.9 Å². The molecule has 1 aromatic carbocycles. The van der Waals surface area contributed by atoms with E-state index in [2.05, 4.69) is 5.16 Å². The number of fused-ring (bicyclic) bond motifs is 1. The number of hydrogen-bond donors (Lipinski definition) is 0. The van der Waals surface area contributed by atoms with Gasteiger partial charge in [-0.05, 0) is 12.1 Å². The van der Waals surface area contributed by atoms with Crippen LogP contribution in [0.1, 0.15) is 37.0 Å². The van der Waals surface area contributed by atoms with Gasteiger partial charge in [0.1, 0.15) is 5.69 Å². The molecule has 2 aromatic rings. The summed E-state index contributed by atoms with van der Waals surface area (Å²) in [6.45, 7) is 0.157. The highest BCUT2D eigenvalue weighted by Crippen LogP contribution is 2.23. The first-order valence-corrected chi connectivity index (χ1v) is 6.26. The minimum Gasteiger partial charge on any atom is -0.378 e. The van der Waals surface area contributed by atoms with Crippen molar-refractivity contribution >= 4 is 17.8 Å². The molecule has 0 saturated carbocycles. The van der Waals surface area contributed by atoms with Crippen molar-refractivity contribution in [1.82, 2.24) is 10.2 Å². The van der Waals surface area contributed by atoms with Gasteiger partial charge in [0, 0.05) is 13.2 Å². The standard InChI is InChI=1S/C14H10N2O6/c1-20-7-8-6-11(21-15-8)14(19)22-16-12(17)9-4-2-3-5-10(9)13(16)18/h2-6H,7H2,1H3. The van der Waals surface area contributed by atoms with Crippen molar-refractivity contribution in [1.29, 1.82) is 0 Å². The van der Waals surface area contributed by atoms with Crippen LogP contribution < -0.4 is 0 Å². The molecule has 0 spiro atoms. The second kappa shape index (κ2) is 5.41. The van der Waals surface area contributed by atoms with Gasteiger partial charge in [0.2, 0.25) is 5.76 Å². The zero-order valence-electron chi connectivity index (χ0n) is 11.4. The molecule has 3 rings (SSSR count). The molecule has 112 valence electrons. The van der Waals surface area contributed by atoms with Crippen LogP contribution in [0.25, 0.3) is 0 Å². The van der Waals surface area contributed by atoms with E-state index in [4.69, 9.17) is 14.1 Å². The van der Waals surface area contributed by atoms with E-state index in [1.165, 1.54) is 25.3 Å². The van der Waals surface area contributed by atoms with E-state index in [9.17, 15) is 14.4 Å². The normalized spacial score (nSPS) is 13.4. The third kappa shape index (κ3) is 2.25. The molecule has 2 heterocycles. The molecule has 8 heteroatoms. The van der Waals surface area contributed by atoms with Gasteiger partial charge in [0.25, 0.3) is 11.8 Å². The van der Waals surface area contributed by atoms with Crippen LogP contribution in [0.3, 0.4) is 0 Å². The van der Waals surface area contributed by atoms with Crippen LogP contribution in [0, 0.1) is 0 Å². The maximum Gasteiger partial charge on any atom is 0.401 e. The first kappa shape index (κ1) is 14.0. The SMILES string of the molecule is COCc1cc(C(=O)ON2C(=O)c3ccccc3C2=O)on1. The summed E-state index contributed by atoms with van der Waals surface area (Å²) in [4.78, 5) is 40.8.